The van der Waals surface area contributed by atoms with E-state index in [0.717, 1.165) is 0 Å². The lowest BCUT2D eigenvalue weighted by Gasteiger charge is -2.12. The summed E-state index contributed by atoms with van der Waals surface area (Å²) in [6, 6.07) is 2.91. The zero-order valence-electron chi connectivity index (χ0n) is 9.07. The second-order valence-electron chi connectivity index (χ2n) is 3.77. The third-order valence-electron chi connectivity index (χ3n) is 1.88. The Morgan fingerprint density at radius 3 is 2.59 bits per heavy atom. The molecule has 0 heterocycles. The number of nitro benzene ring substituents is 1. The van der Waals surface area contributed by atoms with Crippen molar-refractivity contribution in [3.8, 4) is 5.75 Å². The molecule has 0 fully saturated rings. The Balaban J connectivity index is 0.00000256. The Hall–Kier alpha value is -1.30. The number of nitrogens with zero attached hydrogens (tertiary/aromatic N) is 1. The summed E-state index contributed by atoms with van der Waals surface area (Å²) in [7, 11) is 0. The first kappa shape index (κ1) is 15.7. The van der Waals surface area contributed by atoms with Crippen LogP contribution in [0.1, 0.15) is 21.3 Å². The van der Waals surface area contributed by atoms with E-state index in [-0.39, 0.29) is 18.8 Å². The van der Waals surface area contributed by atoms with Gasteiger partial charge in [0.15, 0.2) is 11.4 Å². The Labute approximate surface area is 109 Å². The number of rotatable bonds is 4. The lowest BCUT2D eigenvalue weighted by molar-refractivity contribution is -0.384. The number of anilines is 1. The average Bonchev–Trinajstić information content (AvgIpc) is 2.16. The predicted molar refractivity (Wildman–Crippen MR) is 72.3 cm³/mol. The highest BCUT2D eigenvalue weighted by Crippen LogP contribution is 2.38. The van der Waals surface area contributed by atoms with Crippen molar-refractivity contribution < 1.29 is 9.66 Å². The SMILES string of the molecule is C.CC(C)COc1c(Br)ccc([N+](=O)[O-])c1N. The summed E-state index contributed by atoms with van der Waals surface area (Å²) in [4.78, 5) is 10.2. The van der Waals surface area contributed by atoms with Gasteiger partial charge in [-0.3, -0.25) is 10.1 Å². The van der Waals surface area contributed by atoms with Gasteiger partial charge in [0.1, 0.15) is 0 Å². The number of nitrogens with two attached hydrogens (primary N) is 1. The van der Waals surface area contributed by atoms with Gasteiger partial charge in [0, 0.05) is 6.07 Å². The van der Waals surface area contributed by atoms with E-state index in [9.17, 15) is 10.1 Å². The molecule has 96 valence electrons. The van der Waals surface area contributed by atoms with Crippen LogP contribution in [0.5, 0.6) is 5.75 Å². The quantitative estimate of drug-likeness (QED) is 0.523. The largest absolute Gasteiger partial charge is 0.490 e. The highest BCUT2D eigenvalue weighted by molar-refractivity contribution is 9.10. The number of benzene rings is 1. The fourth-order valence-electron chi connectivity index (χ4n) is 1.12. The maximum Gasteiger partial charge on any atom is 0.296 e. The molecule has 17 heavy (non-hydrogen) atoms. The zero-order chi connectivity index (χ0) is 12.3. The molecular weight excluding hydrogens is 288 g/mol. The van der Waals surface area contributed by atoms with Crippen molar-refractivity contribution >= 4 is 27.3 Å². The van der Waals surface area contributed by atoms with Gasteiger partial charge in [0.05, 0.1) is 16.0 Å². The first-order valence-electron chi connectivity index (χ1n) is 4.78. The van der Waals surface area contributed by atoms with Crippen LogP contribution in [0.3, 0.4) is 0 Å². The number of halogens is 1. The van der Waals surface area contributed by atoms with E-state index in [2.05, 4.69) is 15.9 Å². The van der Waals surface area contributed by atoms with Gasteiger partial charge in [-0.25, -0.2) is 0 Å². The molecule has 0 spiro atoms. The van der Waals surface area contributed by atoms with Crippen LogP contribution in [-0.2, 0) is 0 Å². The van der Waals surface area contributed by atoms with Gasteiger partial charge in [-0.2, -0.15) is 0 Å². The van der Waals surface area contributed by atoms with Crippen molar-refractivity contribution in [2.24, 2.45) is 5.92 Å². The van der Waals surface area contributed by atoms with Crippen LogP contribution in [0.4, 0.5) is 11.4 Å². The highest BCUT2D eigenvalue weighted by Gasteiger charge is 2.18. The molecule has 6 heteroatoms. The molecule has 1 aromatic rings. The van der Waals surface area contributed by atoms with Crippen LogP contribution in [0, 0.1) is 16.0 Å². The first-order chi connectivity index (χ1) is 7.43. The molecule has 0 saturated carbocycles. The molecule has 0 amide bonds. The zero-order valence-corrected chi connectivity index (χ0v) is 10.7. The van der Waals surface area contributed by atoms with Crippen molar-refractivity contribution in [3.63, 3.8) is 0 Å². The van der Waals surface area contributed by atoms with Gasteiger partial charge < -0.3 is 10.5 Å². The summed E-state index contributed by atoms with van der Waals surface area (Å²) in [6.45, 7) is 4.44. The van der Waals surface area contributed by atoms with E-state index < -0.39 is 4.92 Å². The third kappa shape index (κ3) is 3.89. The summed E-state index contributed by atoms with van der Waals surface area (Å²) in [5.41, 5.74) is 5.59. The van der Waals surface area contributed by atoms with E-state index in [1.54, 1.807) is 6.07 Å². The van der Waals surface area contributed by atoms with Gasteiger partial charge >= 0.3 is 0 Å². The van der Waals surface area contributed by atoms with Crippen LogP contribution in [0.25, 0.3) is 0 Å². The fraction of sp³-hybridized carbons (Fsp3) is 0.455. The Bertz CT molecular complexity index is 408. The van der Waals surface area contributed by atoms with Crippen LogP contribution in [-0.4, -0.2) is 11.5 Å². The molecule has 0 aromatic heterocycles. The van der Waals surface area contributed by atoms with Gasteiger partial charge in [-0.1, -0.05) is 21.3 Å². The van der Waals surface area contributed by atoms with E-state index in [1.165, 1.54) is 6.07 Å². The molecule has 1 rings (SSSR count). The topological polar surface area (TPSA) is 78.4 Å². The minimum Gasteiger partial charge on any atom is -0.490 e. The predicted octanol–water partition coefficient (Wildman–Crippen LogP) is 3.61. The Kier molecular flexibility index (Phi) is 5.95. The molecular formula is C11H17BrN2O3. The molecule has 1 aromatic carbocycles. The maximum absolute atomic E-state index is 10.7. The van der Waals surface area contributed by atoms with E-state index in [1.807, 2.05) is 13.8 Å². The second kappa shape index (κ2) is 6.44. The molecule has 0 atom stereocenters. The normalized spacial score (nSPS) is 9.88. The number of ether oxygens (including phenoxy) is 1. The van der Waals surface area contributed by atoms with Crippen molar-refractivity contribution in [1.29, 1.82) is 0 Å². The summed E-state index contributed by atoms with van der Waals surface area (Å²) in [5.74, 6) is 0.661. The molecule has 0 bridgehead atoms. The Morgan fingerprint density at radius 1 is 1.53 bits per heavy atom. The highest BCUT2D eigenvalue weighted by atomic mass is 79.9. The van der Waals surface area contributed by atoms with Gasteiger partial charge in [0.2, 0.25) is 0 Å². The summed E-state index contributed by atoms with van der Waals surface area (Å²) in [5, 5.41) is 10.7. The molecule has 0 unspecified atom stereocenters. The molecule has 0 aliphatic carbocycles. The Morgan fingerprint density at radius 2 is 2.12 bits per heavy atom. The van der Waals surface area contributed by atoms with Gasteiger partial charge in [-0.05, 0) is 27.9 Å². The molecule has 2 N–H and O–H groups in total. The number of nitro groups is 1. The second-order valence-corrected chi connectivity index (χ2v) is 4.63. The monoisotopic (exact) mass is 304 g/mol. The number of nitrogen functional groups attached to an aromatic ring is 1. The van der Waals surface area contributed by atoms with Crippen LogP contribution < -0.4 is 10.5 Å². The van der Waals surface area contributed by atoms with Crippen molar-refractivity contribution in [2.45, 2.75) is 21.3 Å². The van der Waals surface area contributed by atoms with E-state index in [0.29, 0.717) is 22.7 Å². The maximum atomic E-state index is 10.7. The fourth-order valence-corrected chi connectivity index (χ4v) is 1.58. The minimum absolute atomic E-state index is 0. The standard InChI is InChI=1S/C10H13BrN2O3.CH4/c1-6(2)5-16-10-7(11)3-4-8(9(10)12)13(14)15;/h3-4,6H,5,12H2,1-2H3;1H4. The summed E-state index contributed by atoms with van der Waals surface area (Å²) < 4.78 is 6.07. The molecule has 5 nitrogen and oxygen atoms in total. The van der Waals surface area contributed by atoms with Crippen molar-refractivity contribution in [1.82, 2.24) is 0 Å². The van der Waals surface area contributed by atoms with Gasteiger partial charge in [-0.15, -0.1) is 0 Å². The molecule has 0 aliphatic rings. The first-order valence-corrected chi connectivity index (χ1v) is 5.58. The van der Waals surface area contributed by atoms with Gasteiger partial charge in [0.25, 0.3) is 5.69 Å². The van der Waals surface area contributed by atoms with Crippen molar-refractivity contribution in [2.75, 3.05) is 12.3 Å². The van der Waals surface area contributed by atoms with Crippen LogP contribution >= 0.6 is 15.9 Å². The van der Waals surface area contributed by atoms with Crippen molar-refractivity contribution in [3.05, 3.63) is 26.7 Å². The van der Waals surface area contributed by atoms with E-state index in [4.69, 9.17) is 10.5 Å². The molecule has 0 aliphatic heterocycles. The number of hydrogen-bond donors (Lipinski definition) is 1. The molecule has 0 saturated heterocycles. The lowest BCUT2D eigenvalue weighted by Crippen LogP contribution is -2.07. The molecule has 0 radical (unpaired) electrons. The van der Waals surface area contributed by atoms with Crippen LogP contribution in [0.2, 0.25) is 0 Å². The third-order valence-corrected chi connectivity index (χ3v) is 2.51. The van der Waals surface area contributed by atoms with E-state index >= 15 is 0 Å². The smallest absolute Gasteiger partial charge is 0.296 e. The lowest BCUT2D eigenvalue weighted by atomic mass is 10.2. The average molecular weight is 305 g/mol. The summed E-state index contributed by atoms with van der Waals surface area (Å²) >= 11 is 3.25. The summed E-state index contributed by atoms with van der Waals surface area (Å²) in [6.07, 6.45) is 0. The minimum atomic E-state index is -0.524. The van der Waals surface area contributed by atoms with Crippen LogP contribution in [0.15, 0.2) is 16.6 Å². The number of hydrogen-bond acceptors (Lipinski definition) is 4.